The number of nitrogens with one attached hydrogen (secondary N) is 1. The van der Waals surface area contributed by atoms with Gasteiger partial charge in [-0.3, -0.25) is 4.79 Å². The molecule has 1 aromatic carbocycles. The van der Waals surface area contributed by atoms with Crippen LogP contribution in [-0.4, -0.2) is 19.0 Å². The van der Waals surface area contributed by atoms with E-state index in [1.165, 1.54) is 0 Å². The molecule has 0 aliphatic heterocycles. The van der Waals surface area contributed by atoms with E-state index in [1.807, 2.05) is 6.92 Å². The molecular formula is C11H13ClN4O. The van der Waals surface area contributed by atoms with Crippen molar-refractivity contribution in [1.82, 2.24) is 5.32 Å². The van der Waals surface area contributed by atoms with Gasteiger partial charge in [-0.05, 0) is 42.6 Å². The molecule has 0 fully saturated rings. The van der Waals surface area contributed by atoms with E-state index in [1.54, 1.807) is 18.2 Å². The Bertz CT molecular complexity index is 455. The van der Waals surface area contributed by atoms with E-state index in [4.69, 9.17) is 17.1 Å². The molecule has 0 saturated heterocycles. The SMILES string of the molecule is Cc1cc(C(=O)NCCCN=[N+]=[N-])ccc1Cl. The first-order valence-electron chi connectivity index (χ1n) is 5.20. The second kappa shape index (κ2) is 6.78. The van der Waals surface area contributed by atoms with Crippen LogP contribution < -0.4 is 5.32 Å². The third-order valence-electron chi connectivity index (χ3n) is 2.20. The molecule has 0 saturated carbocycles. The third kappa shape index (κ3) is 4.34. The Morgan fingerprint density at radius 1 is 1.59 bits per heavy atom. The average Bonchev–Trinajstić information content (AvgIpc) is 2.32. The molecule has 1 amide bonds. The Labute approximate surface area is 104 Å². The lowest BCUT2D eigenvalue weighted by molar-refractivity contribution is 0.0953. The number of amides is 1. The molecule has 0 aromatic heterocycles. The molecule has 0 radical (unpaired) electrons. The number of halogens is 1. The molecular weight excluding hydrogens is 240 g/mol. The molecule has 0 spiro atoms. The number of hydrogen-bond acceptors (Lipinski definition) is 2. The van der Waals surface area contributed by atoms with Crippen molar-refractivity contribution >= 4 is 17.5 Å². The van der Waals surface area contributed by atoms with E-state index in [-0.39, 0.29) is 5.91 Å². The number of carbonyl (C=O) groups is 1. The number of benzene rings is 1. The smallest absolute Gasteiger partial charge is 0.251 e. The highest BCUT2D eigenvalue weighted by atomic mass is 35.5. The molecule has 90 valence electrons. The zero-order valence-corrected chi connectivity index (χ0v) is 10.2. The summed E-state index contributed by atoms with van der Waals surface area (Å²) in [5, 5.41) is 6.76. The number of nitrogens with zero attached hydrogens (tertiary/aromatic N) is 3. The molecule has 1 rings (SSSR count). The van der Waals surface area contributed by atoms with Gasteiger partial charge in [0.2, 0.25) is 0 Å². The van der Waals surface area contributed by atoms with Crippen LogP contribution in [0, 0.1) is 6.92 Å². The molecule has 1 N–H and O–H groups in total. The van der Waals surface area contributed by atoms with E-state index in [9.17, 15) is 4.79 Å². The maximum absolute atomic E-state index is 11.7. The fraction of sp³-hybridized carbons (Fsp3) is 0.364. The van der Waals surface area contributed by atoms with Crippen LogP contribution in [-0.2, 0) is 0 Å². The van der Waals surface area contributed by atoms with Crippen LogP contribution in [0.3, 0.4) is 0 Å². The first-order chi connectivity index (χ1) is 8.15. The molecule has 6 heteroatoms. The number of hydrogen-bond donors (Lipinski definition) is 1. The zero-order valence-electron chi connectivity index (χ0n) is 9.48. The minimum atomic E-state index is -0.147. The summed E-state index contributed by atoms with van der Waals surface area (Å²) in [5.74, 6) is -0.147. The molecule has 17 heavy (non-hydrogen) atoms. The molecule has 5 nitrogen and oxygen atoms in total. The van der Waals surface area contributed by atoms with Crippen molar-refractivity contribution in [3.8, 4) is 0 Å². The molecule has 0 aliphatic carbocycles. The lowest BCUT2D eigenvalue weighted by atomic mass is 10.1. The summed E-state index contributed by atoms with van der Waals surface area (Å²) < 4.78 is 0. The Hall–Kier alpha value is -1.71. The second-order valence-electron chi connectivity index (χ2n) is 3.53. The average molecular weight is 253 g/mol. The predicted octanol–water partition coefficient (Wildman–Crippen LogP) is 3.08. The summed E-state index contributed by atoms with van der Waals surface area (Å²) in [4.78, 5) is 14.3. The highest BCUT2D eigenvalue weighted by Crippen LogP contribution is 2.16. The zero-order chi connectivity index (χ0) is 12.7. The Kier molecular flexibility index (Phi) is 5.33. The van der Waals surface area contributed by atoms with Crippen LogP contribution in [0.2, 0.25) is 5.02 Å². The standard InChI is InChI=1S/C11H13ClN4O/c1-8-7-9(3-4-10(8)12)11(17)14-5-2-6-15-16-13/h3-4,7H,2,5-6H2,1H3,(H,14,17). The number of azide groups is 1. The van der Waals surface area contributed by atoms with Crippen LogP contribution >= 0.6 is 11.6 Å². The van der Waals surface area contributed by atoms with Crippen LogP contribution in [0.4, 0.5) is 0 Å². The number of rotatable bonds is 5. The van der Waals surface area contributed by atoms with Crippen molar-refractivity contribution < 1.29 is 4.79 Å². The van der Waals surface area contributed by atoms with Gasteiger partial charge >= 0.3 is 0 Å². The van der Waals surface area contributed by atoms with Gasteiger partial charge in [-0.1, -0.05) is 16.7 Å². The number of carbonyl (C=O) groups excluding carboxylic acids is 1. The van der Waals surface area contributed by atoms with Gasteiger partial charge in [0.25, 0.3) is 5.91 Å². The molecule has 1 aromatic rings. The van der Waals surface area contributed by atoms with Crippen LogP contribution in [0.1, 0.15) is 22.3 Å². The van der Waals surface area contributed by atoms with Crippen molar-refractivity contribution in [1.29, 1.82) is 0 Å². The summed E-state index contributed by atoms with van der Waals surface area (Å²) in [7, 11) is 0. The quantitative estimate of drug-likeness (QED) is 0.372. The predicted molar refractivity (Wildman–Crippen MR) is 67.2 cm³/mol. The highest BCUT2D eigenvalue weighted by Gasteiger charge is 2.05. The lowest BCUT2D eigenvalue weighted by Gasteiger charge is -2.05. The summed E-state index contributed by atoms with van der Waals surface area (Å²) in [6.45, 7) is 2.72. The topological polar surface area (TPSA) is 77.9 Å². The van der Waals surface area contributed by atoms with E-state index in [0.29, 0.717) is 30.1 Å². The van der Waals surface area contributed by atoms with Crippen molar-refractivity contribution in [2.75, 3.05) is 13.1 Å². The van der Waals surface area contributed by atoms with Crippen molar-refractivity contribution in [2.24, 2.45) is 5.11 Å². The van der Waals surface area contributed by atoms with Crippen LogP contribution in [0.5, 0.6) is 0 Å². The summed E-state index contributed by atoms with van der Waals surface area (Å²) in [6, 6.07) is 5.12. The Morgan fingerprint density at radius 2 is 2.35 bits per heavy atom. The van der Waals surface area contributed by atoms with E-state index in [2.05, 4.69) is 15.3 Å². The first-order valence-corrected chi connectivity index (χ1v) is 5.58. The van der Waals surface area contributed by atoms with Gasteiger partial charge in [0.05, 0.1) is 0 Å². The summed E-state index contributed by atoms with van der Waals surface area (Å²) in [6.07, 6.45) is 0.627. The van der Waals surface area contributed by atoms with Crippen LogP contribution in [0.15, 0.2) is 23.3 Å². The molecule has 0 heterocycles. The lowest BCUT2D eigenvalue weighted by Crippen LogP contribution is -2.24. The molecule has 0 atom stereocenters. The van der Waals surface area contributed by atoms with Gasteiger partial charge in [0.15, 0.2) is 0 Å². The van der Waals surface area contributed by atoms with Crippen molar-refractivity contribution in [3.63, 3.8) is 0 Å². The fourth-order valence-corrected chi connectivity index (χ4v) is 1.40. The maximum Gasteiger partial charge on any atom is 0.251 e. The van der Waals surface area contributed by atoms with Crippen LogP contribution in [0.25, 0.3) is 10.4 Å². The van der Waals surface area contributed by atoms with E-state index in [0.717, 1.165) is 5.56 Å². The van der Waals surface area contributed by atoms with Gasteiger partial charge in [-0.2, -0.15) is 0 Å². The Morgan fingerprint density at radius 3 is 3.00 bits per heavy atom. The van der Waals surface area contributed by atoms with Gasteiger partial charge in [-0.15, -0.1) is 0 Å². The number of aryl methyl sites for hydroxylation is 1. The largest absolute Gasteiger partial charge is 0.352 e. The van der Waals surface area contributed by atoms with Crippen molar-refractivity contribution in [3.05, 3.63) is 44.8 Å². The molecule has 0 unspecified atom stereocenters. The maximum atomic E-state index is 11.7. The second-order valence-corrected chi connectivity index (χ2v) is 3.94. The summed E-state index contributed by atoms with van der Waals surface area (Å²) in [5.41, 5.74) is 9.52. The minimum absolute atomic E-state index is 0.147. The van der Waals surface area contributed by atoms with Gasteiger partial charge < -0.3 is 5.32 Å². The fourth-order valence-electron chi connectivity index (χ4n) is 1.28. The van der Waals surface area contributed by atoms with Gasteiger partial charge in [0, 0.05) is 28.6 Å². The van der Waals surface area contributed by atoms with E-state index >= 15 is 0 Å². The normalized spacial score (nSPS) is 9.53. The van der Waals surface area contributed by atoms with E-state index < -0.39 is 0 Å². The minimum Gasteiger partial charge on any atom is -0.352 e. The van der Waals surface area contributed by atoms with Gasteiger partial charge in [0.1, 0.15) is 0 Å². The first kappa shape index (κ1) is 13.4. The highest BCUT2D eigenvalue weighted by molar-refractivity contribution is 6.31. The summed E-state index contributed by atoms with van der Waals surface area (Å²) >= 11 is 5.87. The molecule has 0 aliphatic rings. The monoisotopic (exact) mass is 252 g/mol. The van der Waals surface area contributed by atoms with Gasteiger partial charge in [-0.25, -0.2) is 0 Å². The molecule has 0 bridgehead atoms. The van der Waals surface area contributed by atoms with Crippen molar-refractivity contribution in [2.45, 2.75) is 13.3 Å². The Balaban J connectivity index is 2.46. The third-order valence-corrected chi connectivity index (χ3v) is 2.63.